The number of nitrogens with one attached hydrogen (secondary N) is 2. The van der Waals surface area contributed by atoms with E-state index in [4.69, 9.17) is 17.3 Å². The minimum absolute atomic E-state index is 0.134. The zero-order chi connectivity index (χ0) is 17.4. The topological polar surface area (TPSA) is 92.0 Å². The van der Waals surface area contributed by atoms with Crippen LogP contribution in [0.2, 0.25) is 0 Å². The fourth-order valence-corrected chi connectivity index (χ4v) is 3.67. The summed E-state index contributed by atoms with van der Waals surface area (Å²) >= 11 is 6.17. The van der Waals surface area contributed by atoms with Gasteiger partial charge in [0.15, 0.2) is 17.5 Å². The number of fused-ring (bicyclic) bond motifs is 1. The molecule has 8 heteroatoms. The highest BCUT2D eigenvalue weighted by Gasteiger charge is 2.21. The molecular weight excluding hydrogens is 343 g/mol. The van der Waals surface area contributed by atoms with Gasteiger partial charge in [0.05, 0.1) is 18.1 Å². The van der Waals surface area contributed by atoms with E-state index in [-0.39, 0.29) is 23.3 Å². The Hall–Kier alpha value is -1.99. The summed E-state index contributed by atoms with van der Waals surface area (Å²) in [6.45, 7) is 0.535. The summed E-state index contributed by atoms with van der Waals surface area (Å²) in [5.74, 6) is 0.198. The molecule has 4 N–H and O–H groups in total. The molecule has 0 radical (unpaired) electrons. The molecule has 3 heterocycles. The van der Waals surface area contributed by atoms with E-state index < -0.39 is 5.82 Å². The van der Waals surface area contributed by atoms with Crippen molar-refractivity contribution in [1.29, 1.82) is 0 Å². The predicted molar refractivity (Wildman–Crippen MR) is 95.4 cm³/mol. The second-order valence-electron chi connectivity index (χ2n) is 6.65. The van der Waals surface area contributed by atoms with Crippen molar-refractivity contribution >= 4 is 23.5 Å². The zero-order valence-corrected chi connectivity index (χ0v) is 14.4. The molecule has 1 fully saturated rings. The largest absolute Gasteiger partial charge is 0.365 e. The average Bonchev–Trinajstić information content (AvgIpc) is 3.00. The van der Waals surface area contributed by atoms with Gasteiger partial charge in [-0.2, -0.15) is 0 Å². The van der Waals surface area contributed by atoms with Crippen molar-refractivity contribution in [1.82, 2.24) is 15.0 Å². The fraction of sp³-hybridized carbons (Fsp3) is 0.471. The summed E-state index contributed by atoms with van der Waals surface area (Å²) < 4.78 is 14.2. The number of hydrogen-bond donors (Lipinski definition) is 3. The maximum atomic E-state index is 14.2. The molecule has 3 atom stereocenters. The standard InChI is InChI=1S/C17H20ClFN6/c18-9-4-12-13(7-22-15(12)21-6-9)16-23-8-14(19)17(25-16)24-11-3-1-2-10(20)5-11/h4,7-11H,1-3,5-6,20H2,(H,21,22)(H,23,24,25). The number of aromatic amines is 1. The molecule has 0 saturated heterocycles. The van der Waals surface area contributed by atoms with Crippen LogP contribution >= 0.6 is 11.6 Å². The molecule has 2 aliphatic rings. The van der Waals surface area contributed by atoms with E-state index in [0.717, 1.165) is 42.0 Å². The van der Waals surface area contributed by atoms with E-state index in [1.54, 1.807) is 6.20 Å². The van der Waals surface area contributed by atoms with Gasteiger partial charge >= 0.3 is 0 Å². The van der Waals surface area contributed by atoms with Crippen LogP contribution in [0.1, 0.15) is 25.7 Å². The van der Waals surface area contributed by atoms with Gasteiger partial charge in [-0.3, -0.25) is 4.99 Å². The lowest BCUT2D eigenvalue weighted by Gasteiger charge is -2.27. The molecule has 0 amide bonds. The van der Waals surface area contributed by atoms with E-state index in [1.807, 2.05) is 6.08 Å². The first-order valence-corrected chi connectivity index (χ1v) is 8.96. The fourth-order valence-electron chi connectivity index (χ4n) is 3.47. The van der Waals surface area contributed by atoms with Gasteiger partial charge in [0.2, 0.25) is 0 Å². The molecule has 2 aromatic heterocycles. The summed E-state index contributed by atoms with van der Waals surface area (Å²) in [4.78, 5) is 16.0. The number of rotatable bonds is 3. The Labute approximate surface area is 149 Å². The average molecular weight is 363 g/mol. The Balaban J connectivity index is 1.67. The molecular formula is C17H20ClFN6. The summed E-state index contributed by atoms with van der Waals surface area (Å²) in [7, 11) is 0. The lowest BCUT2D eigenvalue weighted by Crippen LogP contribution is -2.35. The highest BCUT2D eigenvalue weighted by atomic mass is 35.5. The Morgan fingerprint density at radius 2 is 2.24 bits per heavy atom. The molecule has 25 heavy (non-hydrogen) atoms. The third kappa shape index (κ3) is 3.39. The molecule has 3 unspecified atom stereocenters. The number of nitrogens with zero attached hydrogens (tertiary/aromatic N) is 3. The first-order chi connectivity index (χ1) is 12.1. The van der Waals surface area contributed by atoms with Crippen LogP contribution < -0.4 is 21.8 Å². The molecule has 0 bridgehead atoms. The normalized spacial score (nSPS) is 25.6. The predicted octanol–water partition coefficient (Wildman–Crippen LogP) is 1.31. The van der Waals surface area contributed by atoms with Crippen LogP contribution in [0.3, 0.4) is 0 Å². The maximum Gasteiger partial charge on any atom is 0.183 e. The highest BCUT2D eigenvalue weighted by Crippen LogP contribution is 2.23. The van der Waals surface area contributed by atoms with Crippen molar-refractivity contribution in [3.8, 4) is 11.4 Å². The molecule has 1 aliphatic carbocycles. The Morgan fingerprint density at radius 1 is 1.36 bits per heavy atom. The first-order valence-electron chi connectivity index (χ1n) is 8.53. The molecule has 1 aliphatic heterocycles. The molecule has 0 aromatic carbocycles. The third-order valence-corrected chi connectivity index (χ3v) is 4.97. The summed E-state index contributed by atoms with van der Waals surface area (Å²) in [5, 5.41) is 3.90. The molecule has 132 valence electrons. The van der Waals surface area contributed by atoms with Gasteiger partial charge < -0.3 is 16.0 Å². The second-order valence-corrected chi connectivity index (χ2v) is 7.21. The van der Waals surface area contributed by atoms with E-state index >= 15 is 0 Å². The van der Waals surface area contributed by atoms with Crippen LogP contribution in [0.5, 0.6) is 0 Å². The zero-order valence-electron chi connectivity index (χ0n) is 13.7. The van der Waals surface area contributed by atoms with Crippen molar-refractivity contribution in [2.24, 2.45) is 10.7 Å². The van der Waals surface area contributed by atoms with Gasteiger partial charge in [-0.1, -0.05) is 6.08 Å². The SMILES string of the molecule is NC1CCCC(Nc2nc(-c3c[nH]c4c3=CC(Cl)CN=4)ncc2F)C1. The van der Waals surface area contributed by atoms with Gasteiger partial charge in [0.25, 0.3) is 0 Å². The molecule has 4 rings (SSSR count). The van der Waals surface area contributed by atoms with E-state index in [9.17, 15) is 4.39 Å². The number of halogens is 2. The highest BCUT2D eigenvalue weighted by molar-refractivity contribution is 6.24. The van der Waals surface area contributed by atoms with E-state index in [2.05, 4.69) is 25.3 Å². The number of hydrogen-bond acceptors (Lipinski definition) is 5. The summed E-state index contributed by atoms with van der Waals surface area (Å²) in [6, 6.07) is 0.291. The van der Waals surface area contributed by atoms with Crippen LogP contribution in [0.15, 0.2) is 17.4 Å². The molecule has 1 saturated carbocycles. The number of H-pyrrole nitrogens is 1. The summed E-state index contributed by atoms with van der Waals surface area (Å²) in [6.07, 6.45) is 8.75. The minimum atomic E-state index is -0.462. The van der Waals surface area contributed by atoms with E-state index in [1.165, 1.54) is 6.20 Å². The monoisotopic (exact) mass is 362 g/mol. The van der Waals surface area contributed by atoms with Crippen molar-refractivity contribution in [2.45, 2.75) is 43.1 Å². The van der Waals surface area contributed by atoms with Crippen LogP contribution in [0.4, 0.5) is 10.2 Å². The van der Waals surface area contributed by atoms with Gasteiger partial charge in [-0.05, 0) is 25.7 Å². The maximum absolute atomic E-state index is 14.2. The Kier molecular flexibility index (Phi) is 4.43. The van der Waals surface area contributed by atoms with Crippen LogP contribution in [-0.4, -0.2) is 39.0 Å². The van der Waals surface area contributed by atoms with Crippen molar-refractivity contribution in [3.63, 3.8) is 0 Å². The second kappa shape index (κ2) is 6.72. The minimum Gasteiger partial charge on any atom is -0.365 e. The van der Waals surface area contributed by atoms with Gasteiger partial charge in [-0.15, -0.1) is 11.6 Å². The molecule has 6 nitrogen and oxygen atoms in total. The van der Waals surface area contributed by atoms with Crippen molar-refractivity contribution in [3.05, 3.63) is 28.9 Å². The third-order valence-electron chi connectivity index (χ3n) is 4.71. The van der Waals surface area contributed by atoms with Crippen LogP contribution in [0, 0.1) is 5.82 Å². The number of aromatic nitrogens is 3. The van der Waals surface area contributed by atoms with Gasteiger partial charge in [0, 0.05) is 29.1 Å². The van der Waals surface area contributed by atoms with E-state index in [0.29, 0.717) is 12.4 Å². The lowest BCUT2D eigenvalue weighted by atomic mass is 9.92. The first kappa shape index (κ1) is 16.5. The lowest BCUT2D eigenvalue weighted by molar-refractivity contribution is 0.407. The molecule has 0 spiro atoms. The van der Waals surface area contributed by atoms with Crippen molar-refractivity contribution < 1.29 is 4.39 Å². The van der Waals surface area contributed by atoms with Crippen LogP contribution in [0.25, 0.3) is 17.5 Å². The Bertz CT molecular complexity index is 895. The quantitative estimate of drug-likeness (QED) is 0.718. The van der Waals surface area contributed by atoms with Gasteiger partial charge in [0.1, 0.15) is 5.49 Å². The number of anilines is 1. The number of nitrogens with two attached hydrogens (primary N) is 1. The van der Waals surface area contributed by atoms with Crippen LogP contribution in [-0.2, 0) is 0 Å². The molecule has 2 aromatic rings. The van der Waals surface area contributed by atoms with Crippen molar-refractivity contribution in [2.75, 3.05) is 11.9 Å². The smallest absolute Gasteiger partial charge is 0.183 e. The van der Waals surface area contributed by atoms with Gasteiger partial charge in [-0.25, -0.2) is 14.4 Å². The summed E-state index contributed by atoms with van der Waals surface area (Å²) in [5.41, 5.74) is 7.54. The Morgan fingerprint density at radius 3 is 3.08 bits per heavy atom. The number of alkyl halides is 1.